The zero-order valence-electron chi connectivity index (χ0n) is 21.9. The lowest BCUT2D eigenvalue weighted by atomic mass is 9.92. The number of benzene rings is 3. The smallest absolute Gasteiger partial charge is 0.209 e. The highest BCUT2D eigenvalue weighted by atomic mass is 32.1. The molecule has 4 nitrogen and oxygen atoms in total. The van der Waals surface area contributed by atoms with Gasteiger partial charge < -0.3 is 13.9 Å². The zero-order valence-corrected chi connectivity index (χ0v) is 23.7. The van der Waals surface area contributed by atoms with Gasteiger partial charge in [0, 0.05) is 12.0 Å². The molecule has 0 saturated carbocycles. The molecule has 0 aliphatic heterocycles. The fourth-order valence-electron chi connectivity index (χ4n) is 3.76. The van der Waals surface area contributed by atoms with Crippen LogP contribution in [-0.4, -0.2) is 27.4 Å². The second-order valence-corrected chi connectivity index (χ2v) is 13.3. The molecule has 0 N–H and O–H groups in total. The minimum absolute atomic E-state index is 0.140. The Morgan fingerprint density at radius 1 is 0.889 bits per heavy atom. The first kappa shape index (κ1) is 26.1. The first-order valence-corrected chi connectivity index (χ1v) is 15.4. The first-order chi connectivity index (χ1) is 17.2. The molecular weight excluding hydrogens is 482 g/mol. The predicted octanol–water partition coefficient (Wildman–Crippen LogP) is 8.55. The minimum Gasteiger partial charge on any atom is -0.497 e. The topological polar surface area (TPSA) is 40.6 Å². The maximum atomic E-state index is 6.18. The third-order valence-corrected chi connectivity index (χ3v) is 7.32. The molecule has 0 aliphatic carbocycles. The van der Waals surface area contributed by atoms with E-state index in [0.717, 1.165) is 49.8 Å². The molecule has 187 valence electrons. The van der Waals surface area contributed by atoms with Crippen molar-refractivity contribution in [3.05, 3.63) is 77.9 Å². The number of hydrogen-bond acceptors (Lipinski definition) is 5. The number of hydrogen-bond donors (Lipinski definition) is 0. The van der Waals surface area contributed by atoms with Crippen molar-refractivity contribution in [2.45, 2.75) is 46.6 Å². The van der Waals surface area contributed by atoms with Gasteiger partial charge in [0.1, 0.15) is 16.5 Å². The van der Waals surface area contributed by atoms with Crippen LogP contribution in [0.25, 0.3) is 32.9 Å². The number of methoxy groups -OCH3 is 1. The number of ether oxygens (including phenoxy) is 2. The molecule has 0 aliphatic rings. The van der Waals surface area contributed by atoms with Crippen molar-refractivity contribution in [1.29, 1.82) is 0 Å². The summed E-state index contributed by atoms with van der Waals surface area (Å²) >= 11 is 1.68. The molecule has 1 radical (unpaired) electrons. The van der Waals surface area contributed by atoms with Crippen molar-refractivity contribution in [3.63, 3.8) is 0 Å². The SMILES string of the molecule is COc1ccc2nc(-c3ccc(/C=C/c4ccc(OC(CC(C)(C)C)O[Si](C)C)cc4)cc3)sc2c1. The van der Waals surface area contributed by atoms with E-state index in [0.29, 0.717) is 0 Å². The molecule has 1 atom stereocenters. The first-order valence-electron chi connectivity index (χ1n) is 12.2. The average Bonchev–Trinajstić information content (AvgIpc) is 3.26. The lowest BCUT2D eigenvalue weighted by Gasteiger charge is -2.28. The number of fused-ring (bicyclic) bond motifs is 1. The van der Waals surface area contributed by atoms with Crippen LogP contribution in [0, 0.1) is 5.41 Å². The molecule has 0 fully saturated rings. The second-order valence-electron chi connectivity index (χ2n) is 10.2. The number of nitrogens with zero attached hydrogens (tertiary/aromatic N) is 1. The van der Waals surface area contributed by atoms with Gasteiger partial charge in [-0.25, -0.2) is 4.98 Å². The number of aromatic nitrogens is 1. The van der Waals surface area contributed by atoms with Crippen molar-refractivity contribution >= 4 is 42.7 Å². The Kier molecular flexibility index (Phi) is 8.29. The Hall–Kier alpha value is -2.93. The summed E-state index contributed by atoms with van der Waals surface area (Å²) in [5.74, 6) is 1.69. The van der Waals surface area contributed by atoms with Gasteiger partial charge in [0.2, 0.25) is 9.04 Å². The van der Waals surface area contributed by atoms with E-state index in [1.807, 2.05) is 30.3 Å². The summed E-state index contributed by atoms with van der Waals surface area (Å²) in [6.45, 7) is 10.9. The Morgan fingerprint density at radius 2 is 1.50 bits per heavy atom. The molecule has 4 aromatic rings. The molecule has 1 unspecified atom stereocenters. The molecule has 36 heavy (non-hydrogen) atoms. The second kappa shape index (κ2) is 11.4. The highest BCUT2D eigenvalue weighted by Crippen LogP contribution is 2.32. The summed E-state index contributed by atoms with van der Waals surface area (Å²) in [6, 6.07) is 22.7. The maximum Gasteiger partial charge on any atom is 0.209 e. The molecule has 0 bridgehead atoms. The predicted molar refractivity (Wildman–Crippen MR) is 154 cm³/mol. The number of thiazole rings is 1. The van der Waals surface area contributed by atoms with E-state index in [2.05, 4.69) is 82.4 Å². The molecule has 1 heterocycles. The largest absolute Gasteiger partial charge is 0.497 e. The normalized spacial score (nSPS) is 13.0. The highest BCUT2D eigenvalue weighted by molar-refractivity contribution is 7.21. The zero-order chi connectivity index (χ0) is 25.7. The van der Waals surface area contributed by atoms with Crippen LogP contribution in [0.2, 0.25) is 13.1 Å². The van der Waals surface area contributed by atoms with E-state index >= 15 is 0 Å². The summed E-state index contributed by atoms with van der Waals surface area (Å²) in [5.41, 5.74) is 4.51. The third-order valence-electron chi connectivity index (χ3n) is 5.52. The van der Waals surface area contributed by atoms with Gasteiger partial charge in [-0.2, -0.15) is 0 Å². The lowest BCUT2D eigenvalue weighted by molar-refractivity contribution is -0.0247. The van der Waals surface area contributed by atoms with Crippen molar-refractivity contribution in [2.75, 3.05) is 7.11 Å². The Balaban J connectivity index is 1.40. The van der Waals surface area contributed by atoms with Gasteiger partial charge in [0.25, 0.3) is 0 Å². The van der Waals surface area contributed by atoms with E-state index in [1.165, 1.54) is 0 Å². The van der Waals surface area contributed by atoms with Crippen molar-refractivity contribution in [1.82, 2.24) is 4.98 Å². The summed E-state index contributed by atoms with van der Waals surface area (Å²) in [7, 11) is 0.839. The van der Waals surface area contributed by atoms with Gasteiger partial charge in [0.15, 0.2) is 6.29 Å². The fraction of sp³-hybridized carbons (Fsp3) is 0.300. The van der Waals surface area contributed by atoms with Crippen molar-refractivity contribution in [2.24, 2.45) is 5.41 Å². The van der Waals surface area contributed by atoms with Crippen LogP contribution in [0.5, 0.6) is 11.5 Å². The Labute approximate surface area is 220 Å². The van der Waals surface area contributed by atoms with Crippen molar-refractivity contribution in [3.8, 4) is 22.1 Å². The van der Waals surface area contributed by atoms with Crippen molar-refractivity contribution < 1.29 is 13.9 Å². The van der Waals surface area contributed by atoms with E-state index in [4.69, 9.17) is 18.9 Å². The van der Waals surface area contributed by atoms with E-state index in [1.54, 1.807) is 18.4 Å². The van der Waals surface area contributed by atoms with Crippen LogP contribution < -0.4 is 9.47 Å². The van der Waals surface area contributed by atoms with E-state index in [9.17, 15) is 0 Å². The monoisotopic (exact) mass is 516 g/mol. The van der Waals surface area contributed by atoms with Gasteiger partial charge in [-0.3, -0.25) is 0 Å². The van der Waals surface area contributed by atoms with Crippen LogP contribution in [-0.2, 0) is 4.43 Å². The summed E-state index contributed by atoms with van der Waals surface area (Å²) in [5, 5.41) is 1.01. The van der Waals surface area contributed by atoms with Gasteiger partial charge in [-0.1, -0.05) is 69.3 Å². The van der Waals surface area contributed by atoms with E-state index < -0.39 is 9.04 Å². The molecule has 3 aromatic carbocycles. The van der Waals surface area contributed by atoms with Gasteiger partial charge in [0.05, 0.1) is 17.3 Å². The molecule has 6 heteroatoms. The quantitative estimate of drug-likeness (QED) is 0.127. The standard InChI is InChI=1S/C30H34NO3SSi/c1-30(2,3)20-28(34-36(5)6)33-24-15-11-22(12-16-24)8-7-21-9-13-23(14-10-21)29-31-26-18-17-25(32-4)19-27(26)35-29/h7-19,28H,20H2,1-6H3/b8-7+. The van der Waals surface area contributed by atoms with Crippen LogP contribution in [0.1, 0.15) is 38.3 Å². The summed E-state index contributed by atoms with van der Waals surface area (Å²) in [4.78, 5) is 4.77. The number of rotatable bonds is 9. The Morgan fingerprint density at radius 3 is 2.08 bits per heavy atom. The third kappa shape index (κ3) is 7.29. The van der Waals surface area contributed by atoms with E-state index in [-0.39, 0.29) is 11.7 Å². The van der Waals surface area contributed by atoms with Gasteiger partial charge >= 0.3 is 0 Å². The summed E-state index contributed by atoms with van der Waals surface area (Å²) in [6.07, 6.45) is 4.87. The maximum absolute atomic E-state index is 6.18. The fourth-order valence-corrected chi connectivity index (χ4v) is 5.42. The lowest BCUT2D eigenvalue weighted by Crippen LogP contribution is -2.30. The molecule has 4 rings (SSSR count). The van der Waals surface area contributed by atoms with Crippen LogP contribution in [0.3, 0.4) is 0 Å². The van der Waals surface area contributed by atoms with Crippen LogP contribution in [0.4, 0.5) is 0 Å². The molecule has 0 saturated heterocycles. The van der Waals surface area contributed by atoms with Crippen LogP contribution in [0.15, 0.2) is 66.7 Å². The molecule has 0 amide bonds. The average molecular weight is 517 g/mol. The molecule has 0 spiro atoms. The molecule has 1 aromatic heterocycles. The highest BCUT2D eigenvalue weighted by Gasteiger charge is 2.22. The van der Waals surface area contributed by atoms with Gasteiger partial charge in [-0.05, 0) is 60.0 Å². The minimum atomic E-state index is -0.846. The Bertz CT molecular complexity index is 1310. The van der Waals surface area contributed by atoms with Gasteiger partial charge in [-0.15, -0.1) is 11.3 Å². The molecular formula is C30H34NO3SSi. The van der Waals surface area contributed by atoms with Crippen LogP contribution >= 0.6 is 11.3 Å². The summed E-state index contributed by atoms with van der Waals surface area (Å²) < 4.78 is 18.7.